The Bertz CT molecular complexity index is 179. The van der Waals surface area contributed by atoms with Crippen LogP contribution in [0.15, 0.2) is 0 Å². The van der Waals surface area contributed by atoms with Gasteiger partial charge in [-0.3, -0.25) is 9.59 Å². The summed E-state index contributed by atoms with van der Waals surface area (Å²) in [4.78, 5) is 22.0. The third kappa shape index (κ3) is 1.96. The van der Waals surface area contributed by atoms with E-state index in [0.29, 0.717) is 18.1 Å². The van der Waals surface area contributed by atoms with Gasteiger partial charge in [-0.1, -0.05) is 0 Å². The molecule has 1 aliphatic heterocycles. The third-order valence-corrected chi connectivity index (χ3v) is 2.55. The van der Waals surface area contributed by atoms with Crippen molar-refractivity contribution in [2.24, 2.45) is 5.92 Å². The number of thioether (sulfide) groups is 1. The predicted molar refractivity (Wildman–Crippen MR) is 42.5 cm³/mol. The first-order valence-corrected chi connectivity index (χ1v) is 4.68. The molecule has 1 heterocycles. The van der Waals surface area contributed by atoms with Crippen LogP contribution in [0.4, 0.5) is 0 Å². The normalized spacial score (nSPS) is 23.7. The minimum Gasteiger partial charge on any atom is -0.465 e. The van der Waals surface area contributed by atoms with Gasteiger partial charge < -0.3 is 4.74 Å². The SMILES string of the molecule is CCOC(=O)[C@H]1CSCC1=O. The van der Waals surface area contributed by atoms with Crippen LogP contribution in [0.25, 0.3) is 0 Å². The molecule has 0 bridgehead atoms. The van der Waals surface area contributed by atoms with E-state index in [1.165, 1.54) is 11.8 Å². The summed E-state index contributed by atoms with van der Waals surface area (Å²) in [7, 11) is 0. The van der Waals surface area contributed by atoms with E-state index in [4.69, 9.17) is 4.74 Å². The standard InChI is InChI=1S/C7H10O3S/c1-2-10-7(9)5-3-11-4-6(5)8/h5H,2-4H2,1H3/t5-/m0/s1. The van der Waals surface area contributed by atoms with Gasteiger partial charge in [-0.15, -0.1) is 0 Å². The van der Waals surface area contributed by atoms with E-state index >= 15 is 0 Å². The number of rotatable bonds is 2. The second kappa shape index (κ2) is 3.76. The van der Waals surface area contributed by atoms with E-state index in [1.807, 2.05) is 0 Å². The summed E-state index contributed by atoms with van der Waals surface area (Å²) in [5, 5.41) is 0. The molecule has 4 heteroatoms. The molecule has 0 unspecified atom stereocenters. The smallest absolute Gasteiger partial charge is 0.317 e. The van der Waals surface area contributed by atoms with Crippen LogP contribution in [0.2, 0.25) is 0 Å². The monoisotopic (exact) mass is 174 g/mol. The molecule has 1 aliphatic rings. The Kier molecular flexibility index (Phi) is 2.93. The molecule has 1 rings (SSSR count). The molecule has 0 saturated carbocycles. The van der Waals surface area contributed by atoms with Crippen LogP contribution in [0.3, 0.4) is 0 Å². The average molecular weight is 174 g/mol. The molecule has 0 radical (unpaired) electrons. The molecule has 3 nitrogen and oxygen atoms in total. The van der Waals surface area contributed by atoms with Crippen molar-refractivity contribution in [3.8, 4) is 0 Å². The van der Waals surface area contributed by atoms with Crippen molar-refractivity contribution in [2.45, 2.75) is 6.92 Å². The molecule has 0 aromatic carbocycles. The van der Waals surface area contributed by atoms with Gasteiger partial charge in [0.25, 0.3) is 0 Å². The highest BCUT2D eigenvalue weighted by atomic mass is 32.2. The number of hydrogen-bond acceptors (Lipinski definition) is 4. The summed E-state index contributed by atoms with van der Waals surface area (Å²) in [6.07, 6.45) is 0. The van der Waals surface area contributed by atoms with Gasteiger partial charge in [-0.05, 0) is 6.92 Å². The highest BCUT2D eigenvalue weighted by Gasteiger charge is 2.32. The van der Waals surface area contributed by atoms with Crippen LogP contribution >= 0.6 is 11.8 Å². The Morgan fingerprint density at radius 1 is 1.82 bits per heavy atom. The van der Waals surface area contributed by atoms with Gasteiger partial charge >= 0.3 is 5.97 Å². The van der Waals surface area contributed by atoms with Gasteiger partial charge in [0.1, 0.15) is 5.92 Å². The lowest BCUT2D eigenvalue weighted by Crippen LogP contribution is -2.24. The number of carbonyl (C=O) groups is 2. The number of Topliss-reactive ketones (excluding diaryl/α,β-unsaturated/α-hetero) is 1. The summed E-state index contributed by atoms with van der Waals surface area (Å²) >= 11 is 1.49. The summed E-state index contributed by atoms with van der Waals surface area (Å²) in [5.41, 5.74) is 0. The van der Waals surface area contributed by atoms with E-state index in [1.54, 1.807) is 6.92 Å². The largest absolute Gasteiger partial charge is 0.465 e. The van der Waals surface area contributed by atoms with Crippen molar-refractivity contribution < 1.29 is 14.3 Å². The summed E-state index contributed by atoms with van der Waals surface area (Å²) < 4.78 is 4.72. The van der Waals surface area contributed by atoms with Crippen LogP contribution in [0.1, 0.15) is 6.92 Å². The summed E-state index contributed by atoms with van der Waals surface area (Å²) in [6, 6.07) is 0. The summed E-state index contributed by atoms with van der Waals surface area (Å²) in [6.45, 7) is 2.09. The second-order valence-corrected chi connectivity index (χ2v) is 3.32. The maximum Gasteiger partial charge on any atom is 0.317 e. The number of carbonyl (C=O) groups excluding carboxylic acids is 2. The quantitative estimate of drug-likeness (QED) is 0.451. The summed E-state index contributed by atoms with van der Waals surface area (Å²) in [5.74, 6) is 0.220. The van der Waals surface area contributed by atoms with Crippen molar-refractivity contribution in [1.82, 2.24) is 0 Å². The Morgan fingerprint density at radius 3 is 3.00 bits per heavy atom. The molecule has 1 atom stereocenters. The lowest BCUT2D eigenvalue weighted by atomic mass is 10.1. The number of ether oxygens (including phenoxy) is 1. The van der Waals surface area contributed by atoms with Crippen molar-refractivity contribution >= 4 is 23.5 Å². The average Bonchev–Trinajstić information content (AvgIpc) is 2.36. The molecule has 11 heavy (non-hydrogen) atoms. The van der Waals surface area contributed by atoms with Gasteiger partial charge in [0.2, 0.25) is 0 Å². The van der Waals surface area contributed by atoms with Crippen molar-refractivity contribution in [3.05, 3.63) is 0 Å². The Labute approximate surface area is 69.5 Å². The maximum absolute atomic E-state index is 11.0. The molecule has 1 saturated heterocycles. The van der Waals surface area contributed by atoms with Gasteiger partial charge in [0.15, 0.2) is 5.78 Å². The third-order valence-electron chi connectivity index (χ3n) is 1.49. The lowest BCUT2D eigenvalue weighted by molar-refractivity contribution is -0.149. The van der Waals surface area contributed by atoms with Crippen molar-refractivity contribution in [2.75, 3.05) is 18.1 Å². The molecular formula is C7H10O3S. The second-order valence-electron chi connectivity index (χ2n) is 2.29. The highest BCUT2D eigenvalue weighted by Crippen LogP contribution is 2.21. The first-order chi connectivity index (χ1) is 5.25. The van der Waals surface area contributed by atoms with Crippen LogP contribution in [0.5, 0.6) is 0 Å². The fourth-order valence-corrected chi connectivity index (χ4v) is 1.99. The van der Waals surface area contributed by atoms with Gasteiger partial charge in [-0.25, -0.2) is 0 Å². The molecule has 0 amide bonds. The van der Waals surface area contributed by atoms with Crippen molar-refractivity contribution in [1.29, 1.82) is 0 Å². The molecular weight excluding hydrogens is 164 g/mol. The highest BCUT2D eigenvalue weighted by molar-refractivity contribution is 8.00. The van der Waals surface area contributed by atoms with E-state index in [9.17, 15) is 9.59 Å². The van der Waals surface area contributed by atoms with Gasteiger partial charge in [-0.2, -0.15) is 11.8 Å². The first kappa shape index (κ1) is 8.59. The molecule has 0 aromatic rings. The minimum atomic E-state index is -0.486. The minimum absolute atomic E-state index is 0.00782. The molecule has 0 N–H and O–H groups in total. The van der Waals surface area contributed by atoms with E-state index in [0.717, 1.165) is 0 Å². The van der Waals surface area contributed by atoms with E-state index in [2.05, 4.69) is 0 Å². The van der Waals surface area contributed by atoms with Crippen LogP contribution in [-0.4, -0.2) is 29.9 Å². The van der Waals surface area contributed by atoms with Crippen LogP contribution in [-0.2, 0) is 14.3 Å². The van der Waals surface area contributed by atoms with E-state index < -0.39 is 5.92 Å². The number of hydrogen-bond donors (Lipinski definition) is 0. The Hall–Kier alpha value is -0.510. The molecule has 0 spiro atoms. The zero-order chi connectivity index (χ0) is 8.27. The fraction of sp³-hybridized carbons (Fsp3) is 0.714. The molecule has 62 valence electrons. The van der Waals surface area contributed by atoms with Crippen molar-refractivity contribution in [3.63, 3.8) is 0 Å². The Balaban J connectivity index is 2.46. The van der Waals surface area contributed by atoms with Gasteiger partial charge in [0.05, 0.1) is 12.4 Å². The van der Waals surface area contributed by atoms with Gasteiger partial charge in [0, 0.05) is 5.75 Å². The predicted octanol–water partition coefficient (Wildman–Crippen LogP) is 0.482. The molecule has 1 fully saturated rings. The van der Waals surface area contributed by atoms with Crippen LogP contribution in [0, 0.1) is 5.92 Å². The first-order valence-electron chi connectivity index (χ1n) is 3.52. The maximum atomic E-state index is 11.0. The zero-order valence-corrected chi connectivity index (χ0v) is 7.15. The molecule has 0 aromatic heterocycles. The van der Waals surface area contributed by atoms with Crippen LogP contribution < -0.4 is 0 Å². The lowest BCUT2D eigenvalue weighted by Gasteiger charge is -2.04. The zero-order valence-electron chi connectivity index (χ0n) is 6.33. The molecule has 0 aliphatic carbocycles. The Morgan fingerprint density at radius 2 is 2.55 bits per heavy atom. The number of ketones is 1. The number of esters is 1. The fourth-order valence-electron chi connectivity index (χ4n) is 0.913. The van der Waals surface area contributed by atoms with E-state index in [-0.39, 0.29) is 11.8 Å². The topological polar surface area (TPSA) is 43.4 Å².